The first-order valence-corrected chi connectivity index (χ1v) is 6.73. The van der Waals surface area contributed by atoms with E-state index >= 15 is 0 Å². The first kappa shape index (κ1) is 15.1. The molecule has 7 nitrogen and oxygen atoms in total. The Balaban J connectivity index is 1.97. The SMILES string of the molecule is COc1cccc(N2C[C@H](NC(=O)NCCO)CC2=O)c1. The number of hydrogen-bond donors (Lipinski definition) is 3. The summed E-state index contributed by atoms with van der Waals surface area (Å²) in [7, 11) is 1.57. The number of nitrogens with zero attached hydrogens (tertiary/aromatic N) is 1. The Morgan fingerprint density at radius 3 is 3.05 bits per heavy atom. The van der Waals surface area contributed by atoms with Crippen LogP contribution in [-0.4, -0.2) is 49.9 Å². The highest BCUT2D eigenvalue weighted by Gasteiger charge is 2.31. The van der Waals surface area contributed by atoms with Gasteiger partial charge in [-0.15, -0.1) is 0 Å². The van der Waals surface area contributed by atoms with Gasteiger partial charge in [0.1, 0.15) is 5.75 Å². The molecule has 1 aromatic carbocycles. The maximum absolute atomic E-state index is 12.1. The van der Waals surface area contributed by atoms with Crippen molar-refractivity contribution in [2.75, 3.05) is 31.7 Å². The van der Waals surface area contributed by atoms with E-state index in [-0.39, 0.29) is 37.6 Å². The molecule has 1 saturated heterocycles. The Morgan fingerprint density at radius 2 is 2.33 bits per heavy atom. The molecule has 1 aromatic rings. The largest absolute Gasteiger partial charge is 0.497 e. The summed E-state index contributed by atoms with van der Waals surface area (Å²) >= 11 is 0. The summed E-state index contributed by atoms with van der Waals surface area (Å²) in [4.78, 5) is 25.2. The fraction of sp³-hybridized carbons (Fsp3) is 0.429. The van der Waals surface area contributed by atoms with Crippen LogP contribution in [0.3, 0.4) is 0 Å². The number of benzene rings is 1. The summed E-state index contributed by atoms with van der Waals surface area (Å²) in [5, 5.41) is 13.9. The molecule has 2 rings (SSSR count). The number of aliphatic hydroxyl groups excluding tert-OH is 1. The van der Waals surface area contributed by atoms with E-state index in [1.54, 1.807) is 18.1 Å². The highest BCUT2D eigenvalue weighted by Crippen LogP contribution is 2.25. The lowest BCUT2D eigenvalue weighted by molar-refractivity contribution is -0.117. The maximum atomic E-state index is 12.1. The predicted molar refractivity (Wildman–Crippen MR) is 77.4 cm³/mol. The summed E-state index contributed by atoms with van der Waals surface area (Å²) in [5.74, 6) is 0.633. The van der Waals surface area contributed by atoms with Gasteiger partial charge in [-0.3, -0.25) is 4.79 Å². The lowest BCUT2D eigenvalue weighted by Gasteiger charge is -2.18. The van der Waals surface area contributed by atoms with Crippen molar-refractivity contribution in [2.45, 2.75) is 12.5 Å². The monoisotopic (exact) mass is 293 g/mol. The van der Waals surface area contributed by atoms with Gasteiger partial charge in [0.15, 0.2) is 0 Å². The van der Waals surface area contributed by atoms with Gasteiger partial charge in [0, 0.05) is 31.3 Å². The van der Waals surface area contributed by atoms with Crippen molar-refractivity contribution in [3.63, 3.8) is 0 Å². The molecular formula is C14H19N3O4. The number of urea groups is 1. The Labute approximate surface area is 122 Å². The van der Waals surface area contributed by atoms with Crippen LogP contribution in [0.2, 0.25) is 0 Å². The van der Waals surface area contributed by atoms with E-state index in [0.717, 1.165) is 5.69 Å². The van der Waals surface area contributed by atoms with Gasteiger partial charge in [-0.2, -0.15) is 0 Å². The van der Waals surface area contributed by atoms with Crippen molar-refractivity contribution in [3.8, 4) is 5.75 Å². The molecule has 114 valence electrons. The minimum Gasteiger partial charge on any atom is -0.497 e. The zero-order valence-electron chi connectivity index (χ0n) is 11.8. The maximum Gasteiger partial charge on any atom is 0.315 e. The minimum atomic E-state index is -0.380. The number of ether oxygens (including phenoxy) is 1. The molecule has 1 atom stereocenters. The number of amides is 3. The van der Waals surface area contributed by atoms with Crippen LogP contribution in [0.25, 0.3) is 0 Å². The smallest absolute Gasteiger partial charge is 0.315 e. The molecule has 0 radical (unpaired) electrons. The van der Waals surface area contributed by atoms with Crippen LogP contribution in [0.4, 0.5) is 10.5 Å². The molecule has 1 aliphatic heterocycles. The number of rotatable bonds is 5. The van der Waals surface area contributed by atoms with Gasteiger partial charge >= 0.3 is 6.03 Å². The molecule has 3 N–H and O–H groups in total. The molecule has 21 heavy (non-hydrogen) atoms. The van der Waals surface area contributed by atoms with Crippen LogP contribution in [-0.2, 0) is 4.79 Å². The molecule has 0 aromatic heterocycles. The van der Waals surface area contributed by atoms with E-state index in [1.165, 1.54) is 0 Å². The number of carbonyl (C=O) groups is 2. The molecule has 3 amide bonds. The summed E-state index contributed by atoms with van der Waals surface area (Å²) in [6.07, 6.45) is 0.254. The van der Waals surface area contributed by atoms with Gasteiger partial charge in [-0.1, -0.05) is 6.07 Å². The van der Waals surface area contributed by atoms with Crippen LogP contribution in [0, 0.1) is 0 Å². The quantitative estimate of drug-likeness (QED) is 0.717. The van der Waals surface area contributed by atoms with Gasteiger partial charge in [0.2, 0.25) is 5.91 Å². The summed E-state index contributed by atoms with van der Waals surface area (Å²) in [5.41, 5.74) is 0.749. The lowest BCUT2D eigenvalue weighted by Crippen LogP contribution is -2.44. The number of methoxy groups -OCH3 is 1. The van der Waals surface area contributed by atoms with Gasteiger partial charge < -0.3 is 25.4 Å². The third-order valence-corrected chi connectivity index (χ3v) is 3.22. The second-order valence-corrected chi connectivity index (χ2v) is 4.73. The van der Waals surface area contributed by atoms with E-state index < -0.39 is 0 Å². The molecular weight excluding hydrogens is 274 g/mol. The number of aliphatic hydroxyl groups is 1. The summed E-state index contributed by atoms with van der Waals surface area (Å²) in [6.45, 7) is 0.484. The Kier molecular flexibility index (Phi) is 4.99. The zero-order chi connectivity index (χ0) is 15.2. The number of nitrogens with one attached hydrogen (secondary N) is 2. The van der Waals surface area contributed by atoms with E-state index in [9.17, 15) is 9.59 Å². The number of hydrogen-bond acceptors (Lipinski definition) is 4. The van der Waals surface area contributed by atoms with Crippen molar-refractivity contribution < 1.29 is 19.4 Å². The molecule has 0 aliphatic carbocycles. The number of anilines is 1. The van der Waals surface area contributed by atoms with E-state index in [2.05, 4.69) is 10.6 Å². The fourth-order valence-electron chi connectivity index (χ4n) is 2.24. The van der Waals surface area contributed by atoms with Crippen LogP contribution in [0.1, 0.15) is 6.42 Å². The van der Waals surface area contributed by atoms with Crippen LogP contribution >= 0.6 is 0 Å². The fourth-order valence-corrected chi connectivity index (χ4v) is 2.24. The molecule has 1 heterocycles. The normalized spacial score (nSPS) is 17.7. The number of carbonyl (C=O) groups excluding carboxylic acids is 2. The molecule has 7 heteroatoms. The second-order valence-electron chi connectivity index (χ2n) is 4.73. The molecule has 0 bridgehead atoms. The van der Waals surface area contributed by atoms with E-state index in [0.29, 0.717) is 12.3 Å². The van der Waals surface area contributed by atoms with Gasteiger partial charge in [-0.25, -0.2) is 4.79 Å². The van der Waals surface area contributed by atoms with Crippen molar-refractivity contribution >= 4 is 17.6 Å². The average Bonchev–Trinajstić information content (AvgIpc) is 2.85. The average molecular weight is 293 g/mol. The van der Waals surface area contributed by atoms with Crippen molar-refractivity contribution in [1.29, 1.82) is 0 Å². The van der Waals surface area contributed by atoms with Crippen molar-refractivity contribution in [2.24, 2.45) is 0 Å². The minimum absolute atomic E-state index is 0.0456. The first-order chi connectivity index (χ1) is 10.1. The Hall–Kier alpha value is -2.28. The highest BCUT2D eigenvalue weighted by molar-refractivity contribution is 5.97. The standard InChI is InChI=1S/C14H19N3O4/c1-21-12-4-2-3-11(8-12)17-9-10(7-13(17)19)16-14(20)15-5-6-18/h2-4,8,10,18H,5-7,9H2,1H3,(H2,15,16,20)/t10-/m1/s1. The van der Waals surface area contributed by atoms with E-state index in [4.69, 9.17) is 9.84 Å². The van der Waals surface area contributed by atoms with Crippen molar-refractivity contribution in [1.82, 2.24) is 10.6 Å². The molecule has 0 unspecified atom stereocenters. The summed E-state index contributed by atoms with van der Waals surface area (Å²) < 4.78 is 5.14. The van der Waals surface area contributed by atoms with Crippen LogP contribution < -0.4 is 20.3 Å². The van der Waals surface area contributed by atoms with Crippen LogP contribution in [0.15, 0.2) is 24.3 Å². The van der Waals surface area contributed by atoms with Gasteiger partial charge in [0.05, 0.1) is 19.8 Å². The molecule has 0 saturated carbocycles. The van der Waals surface area contributed by atoms with Crippen molar-refractivity contribution in [3.05, 3.63) is 24.3 Å². The lowest BCUT2D eigenvalue weighted by atomic mass is 10.2. The first-order valence-electron chi connectivity index (χ1n) is 6.73. The van der Waals surface area contributed by atoms with Gasteiger partial charge in [-0.05, 0) is 12.1 Å². The Bertz CT molecular complexity index is 521. The topological polar surface area (TPSA) is 90.9 Å². The predicted octanol–water partition coefficient (Wildman–Crippen LogP) is 0.0920. The zero-order valence-corrected chi connectivity index (χ0v) is 11.8. The molecule has 0 spiro atoms. The Morgan fingerprint density at radius 1 is 1.52 bits per heavy atom. The molecule has 1 aliphatic rings. The van der Waals surface area contributed by atoms with Crippen LogP contribution in [0.5, 0.6) is 5.75 Å². The highest BCUT2D eigenvalue weighted by atomic mass is 16.5. The second kappa shape index (κ2) is 6.94. The van der Waals surface area contributed by atoms with E-state index in [1.807, 2.05) is 18.2 Å². The summed E-state index contributed by atoms with van der Waals surface area (Å²) in [6, 6.07) is 6.61. The molecule has 1 fully saturated rings. The third kappa shape index (κ3) is 3.85. The van der Waals surface area contributed by atoms with Gasteiger partial charge in [0.25, 0.3) is 0 Å². The third-order valence-electron chi connectivity index (χ3n) is 3.22.